The van der Waals surface area contributed by atoms with E-state index in [1.165, 1.54) is 17.1 Å². The molecule has 0 saturated heterocycles. The van der Waals surface area contributed by atoms with Crippen molar-refractivity contribution in [2.75, 3.05) is 5.73 Å². The molecule has 0 bridgehead atoms. The van der Waals surface area contributed by atoms with E-state index >= 15 is 0 Å². The summed E-state index contributed by atoms with van der Waals surface area (Å²) < 4.78 is 1.52. The maximum absolute atomic E-state index is 9.32. The summed E-state index contributed by atoms with van der Waals surface area (Å²) in [5.74, 6) is 0.176. The second-order valence-electron chi connectivity index (χ2n) is 2.72. The van der Waals surface area contributed by atoms with Crippen molar-refractivity contribution in [1.82, 2.24) is 19.5 Å². The molecule has 13 heavy (non-hydrogen) atoms. The molecule has 2 heterocycles. The second kappa shape index (κ2) is 2.67. The fourth-order valence-electron chi connectivity index (χ4n) is 1.11. The van der Waals surface area contributed by atoms with Crippen LogP contribution in [-0.4, -0.2) is 24.6 Å². The number of hydrogen-bond donors (Lipinski definition) is 2. The third-order valence-electron chi connectivity index (χ3n) is 1.74. The number of imidazole rings is 1. The Morgan fingerprint density at radius 3 is 3.00 bits per heavy atom. The van der Waals surface area contributed by atoms with Crippen molar-refractivity contribution in [3.8, 4) is 0 Å². The SMILES string of the molecule is CC(O)n1cnc2cnc(N)nc21. The summed E-state index contributed by atoms with van der Waals surface area (Å²) in [6, 6.07) is 0. The lowest BCUT2D eigenvalue weighted by Gasteiger charge is -2.05. The highest BCUT2D eigenvalue weighted by atomic mass is 16.3. The zero-order valence-electron chi connectivity index (χ0n) is 7.05. The van der Waals surface area contributed by atoms with Gasteiger partial charge in [0.2, 0.25) is 5.95 Å². The van der Waals surface area contributed by atoms with E-state index in [0.29, 0.717) is 11.2 Å². The van der Waals surface area contributed by atoms with E-state index in [1.54, 1.807) is 6.92 Å². The van der Waals surface area contributed by atoms with Gasteiger partial charge in [0, 0.05) is 0 Å². The number of nitrogens with zero attached hydrogens (tertiary/aromatic N) is 4. The minimum absolute atomic E-state index is 0.176. The summed E-state index contributed by atoms with van der Waals surface area (Å²) in [6.07, 6.45) is 2.36. The van der Waals surface area contributed by atoms with Crippen molar-refractivity contribution < 1.29 is 5.11 Å². The van der Waals surface area contributed by atoms with Crippen LogP contribution < -0.4 is 5.73 Å². The molecule has 2 aromatic rings. The van der Waals surface area contributed by atoms with Gasteiger partial charge >= 0.3 is 0 Å². The van der Waals surface area contributed by atoms with Gasteiger partial charge in [-0.05, 0) is 6.92 Å². The minimum atomic E-state index is -0.667. The zero-order valence-corrected chi connectivity index (χ0v) is 7.05. The summed E-state index contributed by atoms with van der Waals surface area (Å²) in [6.45, 7) is 1.62. The molecule has 0 aliphatic heterocycles. The van der Waals surface area contributed by atoms with Crippen LogP contribution in [0.15, 0.2) is 12.5 Å². The van der Waals surface area contributed by atoms with Gasteiger partial charge in [-0.1, -0.05) is 0 Å². The Morgan fingerprint density at radius 1 is 1.54 bits per heavy atom. The topological polar surface area (TPSA) is 89.8 Å². The van der Waals surface area contributed by atoms with Crippen LogP contribution in [0.3, 0.4) is 0 Å². The fraction of sp³-hybridized carbons (Fsp3) is 0.286. The highest BCUT2D eigenvalue weighted by molar-refractivity contribution is 5.70. The average molecular weight is 179 g/mol. The first-order chi connectivity index (χ1) is 6.18. The van der Waals surface area contributed by atoms with Crippen molar-refractivity contribution in [1.29, 1.82) is 0 Å². The molecule has 0 aliphatic carbocycles. The molecule has 1 atom stereocenters. The standard InChI is InChI=1S/C7H9N5O/c1-4(13)12-3-10-5-2-9-7(8)11-6(5)12/h2-4,13H,1H3,(H2,8,9,11). The van der Waals surface area contributed by atoms with Crippen molar-refractivity contribution in [3.63, 3.8) is 0 Å². The number of aromatic nitrogens is 4. The molecule has 2 aromatic heterocycles. The molecule has 0 amide bonds. The van der Waals surface area contributed by atoms with Crippen LogP contribution in [0.5, 0.6) is 0 Å². The van der Waals surface area contributed by atoms with Gasteiger partial charge < -0.3 is 10.8 Å². The molecule has 2 rings (SSSR count). The number of hydrogen-bond acceptors (Lipinski definition) is 5. The average Bonchev–Trinajstić information content (AvgIpc) is 2.46. The summed E-state index contributed by atoms with van der Waals surface area (Å²) in [4.78, 5) is 11.8. The van der Waals surface area contributed by atoms with Crippen LogP contribution in [0.4, 0.5) is 5.95 Å². The third kappa shape index (κ3) is 1.20. The Labute approximate surface area is 74.1 Å². The van der Waals surface area contributed by atoms with Crippen molar-refractivity contribution in [2.24, 2.45) is 0 Å². The normalized spacial score (nSPS) is 13.4. The maximum Gasteiger partial charge on any atom is 0.222 e. The molecule has 0 aliphatic rings. The second-order valence-corrected chi connectivity index (χ2v) is 2.72. The Hall–Kier alpha value is -1.69. The van der Waals surface area contributed by atoms with Gasteiger partial charge in [-0.2, -0.15) is 4.98 Å². The molecule has 1 unspecified atom stereocenters. The van der Waals surface area contributed by atoms with Crippen LogP contribution in [-0.2, 0) is 0 Å². The van der Waals surface area contributed by atoms with Crippen molar-refractivity contribution in [3.05, 3.63) is 12.5 Å². The minimum Gasteiger partial charge on any atom is -0.373 e. The quantitative estimate of drug-likeness (QED) is 0.639. The molecule has 0 saturated carbocycles. The number of fused-ring (bicyclic) bond motifs is 1. The lowest BCUT2D eigenvalue weighted by molar-refractivity contribution is 0.128. The van der Waals surface area contributed by atoms with E-state index in [0.717, 1.165) is 0 Å². The van der Waals surface area contributed by atoms with E-state index in [1.807, 2.05) is 0 Å². The third-order valence-corrected chi connectivity index (χ3v) is 1.74. The Morgan fingerprint density at radius 2 is 2.31 bits per heavy atom. The van der Waals surface area contributed by atoms with Gasteiger partial charge in [0.25, 0.3) is 0 Å². The Bertz CT molecular complexity index is 435. The van der Waals surface area contributed by atoms with Gasteiger partial charge in [0.1, 0.15) is 11.7 Å². The fourth-order valence-corrected chi connectivity index (χ4v) is 1.11. The Balaban J connectivity index is 2.71. The predicted molar refractivity (Wildman–Crippen MR) is 46.7 cm³/mol. The number of aliphatic hydroxyl groups excluding tert-OH is 1. The lowest BCUT2D eigenvalue weighted by Crippen LogP contribution is -2.04. The molecule has 0 fully saturated rings. The molecule has 0 aromatic carbocycles. The summed E-state index contributed by atoms with van der Waals surface area (Å²) in [5.41, 5.74) is 6.57. The number of aliphatic hydroxyl groups is 1. The molecular formula is C7H9N5O. The molecule has 3 N–H and O–H groups in total. The highest BCUT2D eigenvalue weighted by Gasteiger charge is 2.07. The summed E-state index contributed by atoms with van der Waals surface area (Å²) >= 11 is 0. The van der Waals surface area contributed by atoms with Gasteiger partial charge in [0.15, 0.2) is 5.65 Å². The van der Waals surface area contributed by atoms with E-state index in [9.17, 15) is 5.11 Å². The van der Waals surface area contributed by atoms with Crippen molar-refractivity contribution in [2.45, 2.75) is 13.2 Å². The number of nitrogens with two attached hydrogens (primary N) is 1. The van der Waals surface area contributed by atoms with Crippen LogP contribution in [0.1, 0.15) is 13.2 Å². The van der Waals surface area contributed by atoms with Gasteiger partial charge in [0.05, 0.1) is 12.5 Å². The van der Waals surface area contributed by atoms with Gasteiger partial charge in [-0.25, -0.2) is 9.97 Å². The van der Waals surface area contributed by atoms with Gasteiger partial charge in [-0.3, -0.25) is 4.57 Å². The first-order valence-corrected chi connectivity index (χ1v) is 3.81. The van der Waals surface area contributed by atoms with E-state index in [-0.39, 0.29) is 5.95 Å². The highest BCUT2D eigenvalue weighted by Crippen LogP contribution is 2.13. The number of anilines is 1. The maximum atomic E-state index is 9.32. The lowest BCUT2D eigenvalue weighted by atomic mass is 10.5. The van der Waals surface area contributed by atoms with Gasteiger partial charge in [-0.15, -0.1) is 0 Å². The van der Waals surface area contributed by atoms with Crippen molar-refractivity contribution >= 4 is 17.1 Å². The smallest absolute Gasteiger partial charge is 0.222 e. The molecule has 6 nitrogen and oxygen atoms in total. The molecule has 68 valence electrons. The molecule has 0 spiro atoms. The van der Waals surface area contributed by atoms with Crippen LogP contribution in [0.25, 0.3) is 11.2 Å². The largest absolute Gasteiger partial charge is 0.373 e. The predicted octanol–water partition coefficient (Wildman–Crippen LogP) is -0.0807. The van der Waals surface area contributed by atoms with E-state index in [4.69, 9.17) is 5.73 Å². The first-order valence-electron chi connectivity index (χ1n) is 3.81. The zero-order chi connectivity index (χ0) is 9.42. The van der Waals surface area contributed by atoms with E-state index in [2.05, 4.69) is 15.0 Å². The van der Waals surface area contributed by atoms with E-state index < -0.39 is 6.23 Å². The first kappa shape index (κ1) is 7.93. The number of nitrogen functional groups attached to an aromatic ring is 1. The number of rotatable bonds is 1. The summed E-state index contributed by atoms with van der Waals surface area (Å²) in [5, 5.41) is 9.32. The monoisotopic (exact) mass is 179 g/mol. The Kier molecular flexibility index (Phi) is 1.63. The van der Waals surface area contributed by atoms with Crippen LogP contribution >= 0.6 is 0 Å². The molecule has 0 radical (unpaired) electrons. The van der Waals surface area contributed by atoms with Crippen LogP contribution in [0.2, 0.25) is 0 Å². The molecular weight excluding hydrogens is 170 g/mol. The van der Waals surface area contributed by atoms with Crippen LogP contribution in [0, 0.1) is 0 Å². The molecule has 6 heteroatoms. The summed E-state index contributed by atoms with van der Waals surface area (Å²) in [7, 11) is 0.